The van der Waals surface area contributed by atoms with Gasteiger partial charge in [-0.2, -0.15) is 5.06 Å². The Balaban J connectivity index is 2.24. The van der Waals surface area contributed by atoms with Crippen molar-refractivity contribution in [2.24, 2.45) is 0 Å². The molecule has 2 N–H and O–H groups in total. The largest absolute Gasteiger partial charge is 0.291 e. The molecule has 2 aromatic rings. The van der Waals surface area contributed by atoms with E-state index in [0.717, 1.165) is 5.56 Å². The van der Waals surface area contributed by atoms with Crippen molar-refractivity contribution in [1.82, 2.24) is 0 Å². The Bertz CT molecular complexity index is 587. The molecule has 0 spiro atoms. The molecular weight excluding hydrogens is 268 g/mol. The molecule has 0 heterocycles. The second-order valence-electron chi connectivity index (χ2n) is 4.40. The van der Waals surface area contributed by atoms with Crippen molar-refractivity contribution in [3.8, 4) is 0 Å². The number of hydroxylamine groups is 1. The lowest BCUT2D eigenvalue weighted by Crippen LogP contribution is -2.33. The fourth-order valence-electron chi connectivity index (χ4n) is 1.99. The van der Waals surface area contributed by atoms with E-state index in [9.17, 15) is 4.79 Å². The molecule has 2 rings (SSSR count). The van der Waals surface area contributed by atoms with Crippen molar-refractivity contribution < 1.29 is 14.8 Å². The number of rotatable bonds is 6. The number of nitrogens with zero attached hydrogens (tertiary/aromatic N) is 1. The molecule has 0 bridgehead atoms. The number of para-hydroxylation sites is 2. The van der Waals surface area contributed by atoms with Gasteiger partial charge in [-0.3, -0.25) is 20.3 Å². The summed E-state index contributed by atoms with van der Waals surface area (Å²) >= 11 is 0. The van der Waals surface area contributed by atoms with Crippen molar-refractivity contribution in [2.75, 3.05) is 17.2 Å². The summed E-state index contributed by atoms with van der Waals surface area (Å²) in [4.78, 5) is 17.9. The van der Waals surface area contributed by atoms with Crippen molar-refractivity contribution in [1.29, 1.82) is 0 Å². The highest BCUT2D eigenvalue weighted by Gasteiger charge is 2.19. The lowest BCUT2D eigenvalue weighted by atomic mass is 10.1. The van der Waals surface area contributed by atoms with E-state index in [2.05, 4.69) is 5.48 Å². The molecule has 21 heavy (non-hydrogen) atoms. The Morgan fingerprint density at radius 2 is 1.81 bits per heavy atom. The molecule has 0 radical (unpaired) electrons. The van der Waals surface area contributed by atoms with E-state index in [0.29, 0.717) is 18.0 Å². The van der Waals surface area contributed by atoms with E-state index in [4.69, 9.17) is 10.0 Å². The standard InChI is InChI=1S/C16H18N2O3/c1-2-21-18(15-11-7-6-10-14(15)17-20)16(19)12-13-8-4-3-5-9-13/h3-11,17,20H,2,12H2,1H3. The van der Waals surface area contributed by atoms with Crippen LogP contribution in [0, 0.1) is 0 Å². The highest BCUT2D eigenvalue weighted by molar-refractivity contribution is 5.95. The Kier molecular flexibility index (Phi) is 5.31. The molecule has 5 nitrogen and oxygen atoms in total. The van der Waals surface area contributed by atoms with Crippen LogP contribution in [0.25, 0.3) is 0 Å². The van der Waals surface area contributed by atoms with Gasteiger partial charge < -0.3 is 0 Å². The Hall–Kier alpha value is -2.37. The van der Waals surface area contributed by atoms with Crippen molar-refractivity contribution in [3.63, 3.8) is 0 Å². The zero-order valence-electron chi connectivity index (χ0n) is 11.8. The minimum absolute atomic E-state index is 0.203. The lowest BCUT2D eigenvalue weighted by Gasteiger charge is -2.23. The highest BCUT2D eigenvalue weighted by atomic mass is 16.7. The molecule has 0 aliphatic rings. The first kappa shape index (κ1) is 15.0. The minimum atomic E-state index is -0.203. The first-order chi connectivity index (χ1) is 10.3. The van der Waals surface area contributed by atoms with Gasteiger partial charge in [0.1, 0.15) is 0 Å². The maximum atomic E-state index is 12.5. The predicted molar refractivity (Wildman–Crippen MR) is 81.1 cm³/mol. The molecule has 0 aromatic heterocycles. The Labute approximate surface area is 123 Å². The van der Waals surface area contributed by atoms with Gasteiger partial charge in [0.2, 0.25) is 0 Å². The van der Waals surface area contributed by atoms with E-state index in [-0.39, 0.29) is 12.3 Å². The van der Waals surface area contributed by atoms with Crippen LogP contribution in [0.2, 0.25) is 0 Å². The number of nitrogens with one attached hydrogen (secondary N) is 1. The van der Waals surface area contributed by atoms with Crippen LogP contribution in [-0.2, 0) is 16.1 Å². The SMILES string of the molecule is CCON(C(=O)Cc1ccccc1)c1ccccc1NO. The van der Waals surface area contributed by atoms with E-state index >= 15 is 0 Å². The van der Waals surface area contributed by atoms with Gasteiger partial charge in [-0.15, -0.1) is 0 Å². The zero-order valence-corrected chi connectivity index (χ0v) is 11.8. The lowest BCUT2D eigenvalue weighted by molar-refractivity contribution is -0.125. The second kappa shape index (κ2) is 7.42. The monoisotopic (exact) mass is 286 g/mol. The van der Waals surface area contributed by atoms with Gasteiger partial charge in [0.15, 0.2) is 0 Å². The molecule has 0 aliphatic carbocycles. The van der Waals surface area contributed by atoms with Crippen LogP contribution in [0.3, 0.4) is 0 Å². The van der Waals surface area contributed by atoms with Crippen LogP contribution < -0.4 is 10.5 Å². The summed E-state index contributed by atoms with van der Waals surface area (Å²) in [6.07, 6.45) is 0.223. The Morgan fingerprint density at radius 1 is 1.14 bits per heavy atom. The summed E-state index contributed by atoms with van der Waals surface area (Å²) in [5.41, 5.74) is 3.87. The summed E-state index contributed by atoms with van der Waals surface area (Å²) in [5, 5.41) is 10.4. The number of benzene rings is 2. The smallest absolute Gasteiger partial charge is 0.255 e. The molecular formula is C16H18N2O3. The maximum absolute atomic E-state index is 12.5. The van der Waals surface area contributed by atoms with Crippen molar-refractivity contribution >= 4 is 17.3 Å². The molecule has 0 saturated heterocycles. The quantitative estimate of drug-likeness (QED) is 0.801. The fourth-order valence-corrected chi connectivity index (χ4v) is 1.99. The van der Waals surface area contributed by atoms with Gasteiger partial charge in [-0.1, -0.05) is 42.5 Å². The van der Waals surface area contributed by atoms with Gasteiger partial charge in [-0.25, -0.2) is 0 Å². The fraction of sp³-hybridized carbons (Fsp3) is 0.188. The van der Waals surface area contributed by atoms with Crippen LogP contribution in [0.4, 0.5) is 11.4 Å². The van der Waals surface area contributed by atoms with Crippen molar-refractivity contribution in [2.45, 2.75) is 13.3 Å². The molecule has 0 atom stereocenters. The van der Waals surface area contributed by atoms with Gasteiger partial charge in [0, 0.05) is 0 Å². The summed E-state index contributed by atoms with van der Waals surface area (Å²) < 4.78 is 0. The van der Waals surface area contributed by atoms with Crippen LogP contribution in [0.5, 0.6) is 0 Å². The number of hydrogen-bond acceptors (Lipinski definition) is 4. The van der Waals surface area contributed by atoms with Crippen LogP contribution in [0.15, 0.2) is 54.6 Å². The van der Waals surface area contributed by atoms with E-state index < -0.39 is 0 Å². The van der Waals surface area contributed by atoms with Crippen LogP contribution in [-0.4, -0.2) is 17.7 Å². The third-order valence-corrected chi connectivity index (χ3v) is 2.93. The normalized spacial score (nSPS) is 10.2. The summed E-state index contributed by atoms with van der Waals surface area (Å²) in [7, 11) is 0. The molecule has 0 aliphatic heterocycles. The first-order valence-electron chi connectivity index (χ1n) is 6.75. The molecule has 1 amide bonds. The third-order valence-electron chi connectivity index (χ3n) is 2.93. The third kappa shape index (κ3) is 3.81. The zero-order chi connectivity index (χ0) is 15.1. The van der Waals surface area contributed by atoms with Crippen LogP contribution >= 0.6 is 0 Å². The van der Waals surface area contributed by atoms with Gasteiger partial charge in [0.25, 0.3) is 5.91 Å². The van der Waals surface area contributed by atoms with E-state index in [1.54, 1.807) is 31.2 Å². The molecule has 0 unspecified atom stereocenters. The first-order valence-corrected chi connectivity index (χ1v) is 6.75. The summed E-state index contributed by atoms with van der Waals surface area (Å²) in [6, 6.07) is 16.4. The minimum Gasteiger partial charge on any atom is -0.291 e. The summed E-state index contributed by atoms with van der Waals surface area (Å²) in [6.45, 7) is 2.15. The van der Waals surface area contributed by atoms with Crippen LogP contribution in [0.1, 0.15) is 12.5 Å². The van der Waals surface area contributed by atoms with Gasteiger partial charge in [-0.05, 0) is 24.6 Å². The topological polar surface area (TPSA) is 61.8 Å². The number of anilines is 2. The molecule has 0 saturated carbocycles. The average molecular weight is 286 g/mol. The molecule has 0 fully saturated rings. The van der Waals surface area contributed by atoms with E-state index in [1.807, 2.05) is 30.3 Å². The number of carbonyl (C=O) groups excluding carboxylic acids is 1. The summed E-state index contributed by atoms with van der Waals surface area (Å²) in [5.74, 6) is -0.203. The van der Waals surface area contributed by atoms with Gasteiger partial charge in [0.05, 0.1) is 24.4 Å². The van der Waals surface area contributed by atoms with Crippen molar-refractivity contribution in [3.05, 3.63) is 60.2 Å². The molecule has 2 aromatic carbocycles. The average Bonchev–Trinajstić information content (AvgIpc) is 2.53. The highest BCUT2D eigenvalue weighted by Crippen LogP contribution is 2.26. The number of carbonyl (C=O) groups is 1. The molecule has 5 heteroatoms. The maximum Gasteiger partial charge on any atom is 0.255 e. The molecule has 110 valence electrons. The van der Waals surface area contributed by atoms with E-state index in [1.165, 1.54) is 5.06 Å². The number of hydrogen-bond donors (Lipinski definition) is 2. The van der Waals surface area contributed by atoms with Gasteiger partial charge >= 0.3 is 0 Å². The Morgan fingerprint density at radius 3 is 2.48 bits per heavy atom. The number of amides is 1. The second-order valence-corrected chi connectivity index (χ2v) is 4.40. The predicted octanol–water partition coefficient (Wildman–Crippen LogP) is 3.01.